The molecule has 1 aromatic rings. The number of hydrogen-bond acceptors (Lipinski definition) is 1. The van der Waals surface area contributed by atoms with E-state index in [2.05, 4.69) is 0 Å². The van der Waals surface area contributed by atoms with Crippen molar-refractivity contribution < 1.29 is 29.8 Å². The molecule has 0 bridgehead atoms. The number of benzene rings is 1. The molecule has 0 aliphatic heterocycles. The van der Waals surface area contributed by atoms with Crippen LogP contribution in [0.15, 0.2) is 24.3 Å². The first-order valence-corrected chi connectivity index (χ1v) is 3.70. The SMILES string of the molecule is Oc1ccc([At])cc1. The molecule has 0 saturated heterocycles. The van der Waals surface area contributed by atoms with Crippen LogP contribution in [0.2, 0.25) is 0 Å². The molecule has 0 unspecified atom stereocenters. The monoisotopic (exact) mass is 303 g/mol. The second-order valence-electron chi connectivity index (χ2n) is 1.48. The fourth-order valence-corrected chi connectivity index (χ4v) is 0.931. The number of rotatable bonds is 0. The zero-order valence-electron chi connectivity index (χ0n) is 4.13. The Kier molecular flexibility index (Phi) is 1.85. The van der Waals surface area contributed by atoms with E-state index in [-0.39, 0.29) is 0 Å². The van der Waals surface area contributed by atoms with Crippen LogP contribution in [-0.2, 0) is 0 Å². The van der Waals surface area contributed by atoms with Gasteiger partial charge in [-0.1, -0.05) is 0 Å². The summed E-state index contributed by atoms with van der Waals surface area (Å²) in [6.45, 7) is 0. The van der Waals surface area contributed by atoms with Gasteiger partial charge in [0.15, 0.2) is 0 Å². The molecule has 1 aromatic carbocycles. The third-order valence-electron chi connectivity index (χ3n) is 0.827. The zero-order valence-corrected chi connectivity index (χ0v) is 7.07. The summed E-state index contributed by atoms with van der Waals surface area (Å²) in [5.41, 5.74) is 0. The van der Waals surface area contributed by atoms with E-state index in [9.17, 15) is 0 Å². The molecule has 0 fully saturated rings. The third-order valence-corrected chi connectivity index (χ3v) is 1.81. The molecular weight excluding hydrogens is 298 g/mol. The third kappa shape index (κ3) is 1.45. The molecule has 1 rings (SSSR count). The van der Waals surface area contributed by atoms with Crippen molar-refractivity contribution in [3.63, 3.8) is 0 Å². The molecule has 0 radical (unpaired) electrons. The Bertz CT molecular complexity index is 147. The van der Waals surface area contributed by atoms with Crippen LogP contribution in [-0.4, -0.2) is 5.11 Å². The van der Waals surface area contributed by atoms with Gasteiger partial charge in [-0.15, -0.1) is 0 Å². The van der Waals surface area contributed by atoms with Crippen LogP contribution >= 0.6 is 0 Å². The first-order valence-electron chi connectivity index (χ1n) is 2.23. The van der Waals surface area contributed by atoms with Crippen LogP contribution in [0, 0.1) is 24.7 Å². The van der Waals surface area contributed by atoms with Crippen LogP contribution < -0.4 is 3.27 Å². The molecule has 0 aromatic heterocycles. The molecular formula is C6H5AtO. The summed E-state index contributed by atoms with van der Waals surface area (Å²) >= 11 is 1.62. The molecule has 1 nitrogen and oxygen atoms in total. The summed E-state index contributed by atoms with van der Waals surface area (Å²) in [6.07, 6.45) is 0. The topological polar surface area (TPSA) is 20.2 Å². The van der Waals surface area contributed by atoms with E-state index in [1.165, 1.54) is 3.27 Å². The Morgan fingerprint density at radius 1 is 1.12 bits per heavy atom. The minimum absolute atomic E-state index is 0.338. The van der Waals surface area contributed by atoms with Crippen molar-refractivity contribution in [1.82, 2.24) is 0 Å². The quantitative estimate of drug-likeness (QED) is 0.743. The van der Waals surface area contributed by atoms with Crippen molar-refractivity contribution in [3.05, 3.63) is 24.3 Å². The van der Waals surface area contributed by atoms with E-state index >= 15 is 0 Å². The Morgan fingerprint density at radius 3 is 2.00 bits per heavy atom. The molecule has 42 valence electrons. The van der Waals surface area contributed by atoms with E-state index in [1.807, 2.05) is 12.1 Å². The Morgan fingerprint density at radius 2 is 1.62 bits per heavy atom. The predicted octanol–water partition coefficient (Wildman–Crippen LogP) is 0.567. The zero-order chi connectivity index (χ0) is 5.98. The molecule has 0 aliphatic rings. The van der Waals surface area contributed by atoms with Gasteiger partial charge >= 0.3 is 63.1 Å². The summed E-state index contributed by atoms with van der Waals surface area (Å²) in [5, 5.41) is 8.76. The van der Waals surface area contributed by atoms with Crippen LogP contribution in [0.5, 0.6) is 5.75 Å². The van der Waals surface area contributed by atoms with Crippen molar-refractivity contribution in [2.45, 2.75) is 0 Å². The van der Waals surface area contributed by atoms with Crippen LogP contribution in [0.1, 0.15) is 0 Å². The Hall–Kier alpha value is -0.0969. The van der Waals surface area contributed by atoms with Gasteiger partial charge in [0.1, 0.15) is 0 Å². The summed E-state index contributed by atoms with van der Waals surface area (Å²) < 4.78 is 1.22. The van der Waals surface area contributed by atoms with Crippen molar-refractivity contribution >= 4 is 3.27 Å². The fourth-order valence-electron chi connectivity index (χ4n) is 0.441. The van der Waals surface area contributed by atoms with Crippen LogP contribution in [0.25, 0.3) is 0 Å². The van der Waals surface area contributed by atoms with Gasteiger partial charge in [-0.05, 0) is 0 Å². The number of aromatic hydroxyl groups is 1. The Labute approximate surface area is 63.2 Å². The molecule has 0 atom stereocenters. The van der Waals surface area contributed by atoms with Crippen molar-refractivity contribution in [2.24, 2.45) is 0 Å². The van der Waals surface area contributed by atoms with Crippen molar-refractivity contribution in [3.8, 4) is 5.75 Å². The number of phenolic OH excluding ortho intramolecular Hbond substituents is 1. The van der Waals surface area contributed by atoms with Crippen molar-refractivity contribution in [1.29, 1.82) is 0 Å². The second-order valence-corrected chi connectivity index (χ2v) is 3.17. The van der Waals surface area contributed by atoms with Crippen LogP contribution in [0.3, 0.4) is 0 Å². The van der Waals surface area contributed by atoms with Gasteiger partial charge in [0.05, 0.1) is 0 Å². The minimum atomic E-state index is 0.338. The molecule has 0 aliphatic carbocycles. The molecule has 0 heterocycles. The normalized spacial score (nSPS) is 9.12. The summed E-state index contributed by atoms with van der Waals surface area (Å²) in [5.74, 6) is 0.338. The summed E-state index contributed by atoms with van der Waals surface area (Å²) in [4.78, 5) is 0. The number of phenols is 1. The van der Waals surface area contributed by atoms with E-state index in [4.69, 9.17) is 5.11 Å². The summed E-state index contributed by atoms with van der Waals surface area (Å²) in [7, 11) is 0. The maximum atomic E-state index is 8.76. The van der Waals surface area contributed by atoms with Crippen molar-refractivity contribution in [2.75, 3.05) is 0 Å². The van der Waals surface area contributed by atoms with Gasteiger partial charge in [-0.3, -0.25) is 0 Å². The second kappa shape index (κ2) is 2.45. The molecule has 0 saturated carbocycles. The average molecular weight is 303 g/mol. The molecule has 1 N–H and O–H groups in total. The maximum absolute atomic E-state index is 8.76. The first-order chi connectivity index (χ1) is 3.79. The van der Waals surface area contributed by atoms with E-state index in [0.29, 0.717) is 5.75 Å². The molecule has 0 spiro atoms. The van der Waals surface area contributed by atoms with Gasteiger partial charge in [-0.2, -0.15) is 0 Å². The first kappa shape index (κ1) is 6.03. The van der Waals surface area contributed by atoms with Gasteiger partial charge in [0.25, 0.3) is 0 Å². The Balaban J connectivity index is 3.03. The van der Waals surface area contributed by atoms with Gasteiger partial charge in [-0.25, -0.2) is 0 Å². The summed E-state index contributed by atoms with van der Waals surface area (Å²) in [6, 6.07) is 7.17. The fraction of sp³-hybridized carbons (Fsp3) is 0. The van der Waals surface area contributed by atoms with Gasteiger partial charge in [0, 0.05) is 0 Å². The molecule has 8 heavy (non-hydrogen) atoms. The van der Waals surface area contributed by atoms with Gasteiger partial charge < -0.3 is 0 Å². The van der Waals surface area contributed by atoms with Gasteiger partial charge in [0.2, 0.25) is 0 Å². The molecule has 2 heteroatoms. The predicted molar refractivity (Wildman–Crippen MR) is 27.7 cm³/mol. The molecule has 0 amide bonds. The standard InChI is InChI=1S/C6H5AtO/c7-5-1-3-6(8)4-2-5/h1-4,8H. The number of hydrogen-bond donors (Lipinski definition) is 1. The average Bonchev–Trinajstić information content (AvgIpc) is 1.77. The van der Waals surface area contributed by atoms with E-state index in [1.54, 1.807) is 36.9 Å². The van der Waals surface area contributed by atoms with E-state index in [0.717, 1.165) is 0 Å². The van der Waals surface area contributed by atoms with E-state index < -0.39 is 0 Å². The van der Waals surface area contributed by atoms with Crippen LogP contribution in [0.4, 0.5) is 0 Å².